The molecule has 0 amide bonds. The zero-order chi connectivity index (χ0) is 23.7. The van der Waals surface area contributed by atoms with Gasteiger partial charge in [-0.05, 0) is 69.0 Å². The normalized spacial score (nSPS) is 19.5. The third-order valence-electron chi connectivity index (χ3n) is 6.81. The summed E-state index contributed by atoms with van der Waals surface area (Å²) in [5, 5.41) is 0.941. The van der Waals surface area contributed by atoms with Crippen LogP contribution in [0.1, 0.15) is 44.5 Å². The summed E-state index contributed by atoms with van der Waals surface area (Å²) >= 11 is 3.36. The van der Waals surface area contributed by atoms with Crippen molar-refractivity contribution >= 4 is 36.9 Å². The van der Waals surface area contributed by atoms with Crippen LogP contribution in [0.3, 0.4) is 0 Å². The highest BCUT2D eigenvalue weighted by molar-refractivity contribution is 9.10. The van der Waals surface area contributed by atoms with Gasteiger partial charge in [-0.3, -0.25) is 4.90 Å². The standard InChI is InChI=1S/C25H29BrN4O3S/c1-18(29-14-16-30(17-15-29)34(31,32)21-12-10-19(26)11-13-21)24-27-23-9-5-4-8-22(23)25(28-24)33-20-6-2-3-7-20/h4-5,8-13,18,20H,2-3,6-7,14-17H2,1H3. The number of ether oxygens (including phenoxy) is 1. The molecule has 0 spiro atoms. The lowest BCUT2D eigenvalue weighted by Gasteiger charge is -2.36. The molecule has 0 N–H and O–H groups in total. The van der Waals surface area contributed by atoms with Crippen LogP contribution in [0, 0.1) is 0 Å². The van der Waals surface area contributed by atoms with Crippen molar-refractivity contribution in [1.29, 1.82) is 0 Å². The average molecular weight is 546 g/mol. The Morgan fingerprint density at radius 3 is 2.35 bits per heavy atom. The maximum atomic E-state index is 13.1. The zero-order valence-electron chi connectivity index (χ0n) is 19.2. The molecule has 34 heavy (non-hydrogen) atoms. The highest BCUT2D eigenvalue weighted by Crippen LogP contribution is 2.31. The predicted octanol–water partition coefficient (Wildman–Crippen LogP) is 4.78. The molecule has 1 atom stereocenters. The number of benzene rings is 2. The number of aromatic nitrogens is 2. The van der Waals surface area contributed by atoms with Crippen molar-refractivity contribution in [3.05, 3.63) is 58.8 Å². The van der Waals surface area contributed by atoms with Gasteiger partial charge in [0.2, 0.25) is 15.9 Å². The molecule has 1 unspecified atom stereocenters. The van der Waals surface area contributed by atoms with Crippen molar-refractivity contribution in [3.63, 3.8) is 0 Å². The Morgan fingerprint density at radius 1 is 0.971 bits per heavy atom. The third-order valence-corrected chi connectivity index (χ3v) is 9.25. The Hall–Kier alpha value is -2.07. The molecule has 1 aliphatic heterocycles. The Labute approximate surface area is 209 Å². The van der Waals surface area contributed by atoms with Crippen LogP contribution in [0.15, 0.2) is 57.9 Å². The minimum Gasteiger partial charge on any atom is -0.474 e. The minimum atomic E-state index is -3.51. The summed E-state index contributed by atoms with van der Waals surface area (Å²) in [4.78, 5) is 12.3. The van der Waals surface area contributed by atoms with Gasteiger partial charge in [-0.15, -0.1) is 0 Å². The van der Waals surface area contributed by atoms with Gasteiger partial charge in [0.05, 0.1) is 21.8 Å². The van der Waals surface area contributed by atoms with Gasteiger partial charge in [0, 0.05) is 30.7 Å². The van der Waals surface area contributed by atoms with E-state index in [-0.39, 0.29) is 12.1 Å². The fourth-order valence-electron chi connectivity index (χ4n) is 4.76. The van der Waals surface area contributed by atoms with Gasteiger partial charge in [0.1, 0.15) is 11.9 Å². The van der Waals surface area contributed by atoms with Gasteiger partial charge in [-0.25, -0.2) is 13.4 Å². The number of rotatable bonds is 6. The molecule has 2 heterocycles. The topological polar surface area (TPSA) is 75.6 Å². The van der Waals surface area contributed by atoms with E-state index >= 15 is 0 Å². The van der Waals surface area contributed by atoms with E-state index in [1.165, 1.54) is 12.8 Å². The molecule has 5 rings (SSSR count). The molecule has 1 saturated carbocycles. The maximum absolute atomic E-state index is 13.1. The Morgan fingerprint density at radius 2 is 1.65 bits per heavy atom. The monoisotopic (exact) mass is 544 g/mol. The van der Waals surface area contributed by atoms with Gasteiger partial charge in [0.15, 0.2) is 0 Å². The van der Waals surface area contributed by atoms with Crippen molar-refractivity contribution in [2.45, 2.75) is 49.6 Å². The van der Waals surface area contributed by atoms with E-state index < -0.39 is 10.0 Å². The van der Waals surface area contributed by atoms with Gasteiger partial charge < -0.3 is 4.74 Å². The number of sulfonamides is 1. The molecule has 2 aliphatic rings. The van der Waals surface area contributed by atoms with Crippen LogP contribution in [-0.2, 0) is 10.0 Å². The molecule has 2 fully saturated rings. The van der Waals surface area contributed by atoms with Gasteiger partial charge in [0.25, 0.3) is 0 Å². The molecule has 1 aromatic heterocycles. The molecule has 3 aromatic rings. The predicted molar refractivity (Wildman–Crippen MR) is 135 cm³/mol. The molecule has 2 aromatic carbocycles. The minimum absolute atomic E-state index is 0.0481. The van der Waals surface area contributed by atoms with Crippen LogP contribution in [0.4, 0.5) is 0 Å². The van der Waals surface area contributed by atoms with Crippen LogP contribution in [-0.4, -0.2) is 59.9 Å². The summed E-state index contributed by atoms with van der Waals surface area (Å²) in [6, 6.07) is 14.7. The lowest BCUT2D eigenvalue weighted by molar-refractivity contribution is 0.139. The first kappa shape index (κ1) is 23.7. The van der Waals surface area contributed by atoms with Crippen LogP contribution >= 0.6 is 15.9 Å². The quantitative estimate of drug-likeness (QED) is 0.444. The maximum Gasteiger partial charge on any atom is 0.243 e. The highest BCUT2D eigenvalue weighted by Gasteiger charge is 2.31. The van der Waals surface area contributed by atoms with Gasteiger partial charge in [-0.2, -0.15) is 9.29 Å². The van der Waals surface area contributed by atoms with Crippen LogP contribution in [0.5, 0.6) is 5.88 Å². The molecule has 9 heteroatoms. The second-order valence-electron chi connectivity index (χ2n) is 9.00. The SMILES string of the molecule is CC(c1nc(OC2CCCC2)c2ccccc2n1)N1CCN(S(=O)(=O)c2ccc(Br)cc2)CC1. The van der Waals surface area contributed by atoms with E-state index in [1.54, 1.807) is 28.6 Å². The Kier molecular flexibility index (Phi) is 6.88. The van der Waals surface area contributed by atoms with Crippen molar-refractivity contribution in [2.75, 3.05) is 26.2 Å². The van der Waals surface area contributed by atoms with Gasteiger partial charge in [-0.1, -0.05) is 28.1 Å². The third kappa shape index (κ3) is 4.84. The van der Waals surface area contributed by atoms with E-state index in [1.807, 2.05) is 24.3 Å². The van der Waals surface area contributed by atoms with Gasteiger partial charge >= 0.3 is 0 Å². The fourth-order valence-corrected chi connectivity index (χ4v) is 6.44. The van der Waals surface area contributed by atoms with Crippen molar-refractivity contribution in [1.82, 2.24) is 19.2 Å². The highest BCUT2D eigenvalue weighted by atomic mass is 79.9. The summed E-state index contributed by atoms with van der Waals surface area (Å²) in [6.07, 6.45) is 4.75. The van der Waals surface area contributed by atoms with E-state index in [4.69, 9.17) is 14.7 Å². The fraction of sp³-hybridized carbons (Fsp3) is 0.440. The van der Waals surface area contributed by atoms with E-state index in [0.717, 1.165) is 34.0 Å². The number of para-hydroxylation sites is 1. The van der Waals surface area contributed by atoms with E-state index in [0.29, 0.717) is 37.0 Å². The summed E-state index contributed by atoms with van der Waals surface area (Å²) in [5.41, 5.74) is 0.879. The van der Waals surface area contributed by atoms with Crippen LogP contribution in [0.2, 0.25) is 0 Å². The molecule has 180 valence electrons. The van der Waals surface area contributed by atoms with Crippen LogP contribution < -0.4 is 4.74 Å². The molecular formula is C25H29BrN4O3S. The molecule has 7 nitrogen and oxygen atoms in total. The largest absolute Gasteiger partial charge is 0.474 e. The second-order valence-corrected chi connectivity index (χ2v) is 11.9. The second kappa shape index (κ2) is 9.89. The lowest BCUT2D eigenvalue weighted by Crippen LogP contribution is -2.49. The molecule has 1 saturated heterocycles. The first-order valence-corrected chi connectivity index (χ1v) is 14.1. The summed E-state index contributed by atoms with van der Waals surface area (Å²) in [6.45, 7) is 4.18. The zero-order valence-corrected chi connectivity index (χ0v) is 21.6. The molecule has 1 aliphatic carbocycles. The molecule has 0 radical (unpaired) electrons. The number of hydrogen-bond acceptors (Lipinski definition) is 6. The first-order chi connectivity index (χ1) is 16.4. The van der Waals surface area contributed by atoms with E-state index in [9.17, 15) is 8.42 Å². The molecule has 0 bridgehead atoms. The Balaban J connectivity index is 1.33. The summed E-state index contributed by atoms with van der Waals surface area (Å²) in [7, 11) is -3.51. The average Bonchev–Trinajstić information content (AvgIpc) is 3.37. The lowest BCUT2D eigenvalue weighted by atomic mass is 10.2. The molecular weight excluding hydrogens is 516 g/mol. The van der Waals surface area contributed by atoms with Crippen molar-refractivity contribution in [3.8, 4) is 5.88 Å². The number of fused-ring (bicyclic) bond motifs is 1. The first-order valence-electron chi connectivity index (χ1n) is 11.8. The van der Waals surface area contributed by atoms with Crippen LogP contribution in [0.25, 0.3) is 10.9 Å². The van der Waals surface area contributed by atoms with Crippen molar-refractivity contribution in [2.24, 2.45) is 0 Å². The number of halogens is 1. The number of hydrogen-bond donors (Lipinski definition) is 0. The summed E-state index contributed by atoms with van der Waals surface area (Å²) in [5.74, 6) is 1.38. The van der Waals surface area contributed by atoms with Crippen molar-refractivity contribution < 1.29 is 13.2 Å². The smallest absolute Gasteiger partial charge is 0.243 e. The number of piperazine rings is 1. The number of nitrogens with zero attached hydrogens (tertiary/aromatic N) is 4. The Bertz CT molecular complexity index is 1250. The summed E-state index contributed by atoms with van der Waals surface area (Å²) < 4.78 is 34.9. The van der Waals surface area contributed by atoms with E-state index in [2.05, 4.69) is 27.8 Å².